The molecule has 4 rings (SSSR count). The number of rotatable bonds is 4. The van der Waals surface area contributed by atoms with E-state index in [0.717, 1.165) is 0 Å². The zero-order chi connectivity index (χ0) is 20.5. The molecule has 2 aromatic carbocycles. The number of anilines is 1. The van der Waals surface area contributed by atoms with E-state index in [0.29, 0.717) is 39.1 Å². The van der Waals surface area contributed by atoms with Gasteiger partial charge < -0.3 is 9.52 Å². The number of carboxylic acid groups (broad SMARTS) is 1. The number of carboxylic acids is 1. The zero-order valence-electron chi connectivity index (χ0n) is 15.3. The fourth-order valence-corrected chi connectivity index (χ4v) is 3.10. The van der Waals surface area contributed by atoms with Crippen molar-refractivity contribution < 1.29 is 19.1 Å². The Morgan fingerprint density at radius 1 is 1.14 bits per heavy atom. The fraction of sp³-hybridized carbons (Fsp3) is 0.0455. The number of halogens is 1. The number of aromatic carboxylic acids is 1. The normalized spacial score (nSPS) is 15.1. The van der Waals surface area contributed by atoms with Crippen LogP contribution in [0.3, 0.4) is 0 Å². The van der Waals surface area contributed by atoms with Gasteiger partial charge in [-0.2, -0.15) is 10.1 Å². The fourth-order valence-electron chi connectivity index (χ4n) is 2.97. The first-order valence-electron chi connectivity index (χ1n) is 8.73. The molecule has 29 heavy (non-hydrogen) atoms. The lowest BCUT2D eigenvalue weighted by molar-refractivity contribution is -0.114. The summed E-state index contributed by atoms with van der Waals surface area (Å²) in [7, 11) is 0. The predicted octanol–water partition coefficient (Wildman–Crippen LogP) is 5.10. The van der Waals surface area contributed by atoms with Crippen LogP contribution in [0.15, 0.2) is 75.8 Å². The van der Waals surface area contributed by atoms with Gasteiger partial charge in [0.1, 0.15) is 11.5 Å². The standard InChI is InChI=1S/C22H15ClN2O4/c1-13-19(21(26)25(24-13)17-7-5-16(23)6-8-17)12-18-9-10-20(29-18)14-3-2-4-15(11-14)22(27)28/h2-12H,1H3,(H,27,28)/b19-12-. The number of benzene rings is 2. The Labute approximate surface area is 171 Å². The van der Waals surface area contributed by atoms with E-state index in [1.807, 2.05) is 0 Å². The number of carbonyl (C=O) groups is 2. The van der Waals surface area contributed by atoms with Crippen molar-refractivity contribution in [3.63, 3.8) is 0 Å². The van der Waals surface area contributed by atoms with E-state index in [-0.39, 0.29) is 11.5 Å². The molecule has 6 nitrogen and oxygen atoms in total. The number of carbonyl (C=O) groups excluding carboxylic acids is 1. The molecule has 1 amide bonds. The Morgan fingerprint density at radius 2 is 1.90 bits per heavy atom. The third kappa shape index (κ3) is 3.70. The molecule has 7 heteroatoms. The van der Waals surface area contributed by atoms with E-state index in [4.69, 9.17) is 21.1 Å². The molecule has 0 radical (unpaired) electrons. The molecule has 0 saturated carbocycles. The number of hydrogen-bond acceptors (Lipinski definition) is 4. The Balaban J connectivity index is 1.61. The molecule has 2 heterocycles. The molecule has 1 aliphatic heterocycles. The second-order valence-corrected chi connectivity index (χ2v) is 6.86. The van der Waals surface area contributed by atoms with Gasteiger partial charge in [-0.25, -0.2) is 4.79 Å². The van der Waals surface area contributed by atoms with Gasteiger partial charge in [-0.3, -0.25) is 4.79 Å². The quantitative estimate of drug-likeness (QED) is 0.610. The summed E-state index contributed by atoms with van der Waals surface area (Å²) in [6, 6.07) is 16.8. The van der Waals surface area contributed by atoms with Gasteiger partial charge in [0.15, 0.2) is 0 Å². The highest BCUT2D eigenvalue weighted by Gasteiger charge is 2.29. The van der Waals surface area contributed by atoms with Crippen molar-refractivity contribution in [3.8, 4) is 11.3 Å². The summed E-state index contributed by atoms with van der Waals surface area (Å²) >= 11 is 5.90. The van der Waals surface area contributed by atoms with Crippen LogP contribution in [0.5, 0.6) is 0 Å². The topological polar surface area (TPSA) is 83.1 Å². The smallest absolute Gasteiger partial charge is 0.335 e. The van der Waals surface area contributed by atoms with Crippen molar-refractivity contribution in [3.05, 3.63) is 82.6 Å². The predicted molar refractivity (Wildman–Crippen MR) is 111 cm³/mol. The summed E-state index contributed by atoms with van der Waals surface area (Å²) in [6.07, 6.45) is 1.63. The molecular formula is C22H15ClN2O4. The lowest BCUT2D eigenvalue weighted by atomic mass is 10.1. The van der Waals surface area contributed by atoms with Crippen LogP contribution in [0.2, 0.25) is 5.02 Å². The van der Waals surface area contributed by atoms with Crippen LogP contribution >= 0.6 is 11.6 Å². The van der Waals surface area contributed by atoms with E-state index in [9.17, 15) is 9.59 Å². The summed E-state index contributed by atoms with van der Waals surface area (Å²) in [5.41, 5.74) is 2.41. The van der Waals surface area contributed by atoms with Crippen molar-refractivity contribution in [2.75, 3.05) is 5.01 Å². The molecular weight excluding hydrogens is 392 g/mol. The highest BCUT2D eigenvalue weighted by atomic mass is 35.5. The first-order valence-corrected chi connectivity index (χ1v) is 9.11. The maximum atomic E-state index is 12.8. The Bertz CT molecular complexity index is 1180. The minimum Gasteiger partial charge on any atom is -0.478 e. The molecule has 3 aromatic rings. The zero-order valence-corrected chi connectivity index (χ0v) is 16.1. The van der Waals surface area contributed by atoms with Gasteiger partial charge in [0.25, 0.3) is 5.91 Å². The largest absolute Gasteiger partial charge is 0.478 e. The van der Waals surface area contributed by atoms with Gasteiger partial charge >= 0.3 is 5.97 Å². The van der Waals surface area contributed by atoms with Crippen molar-refractivity contribution in [2.45, 2.75) is 6.92 Å². The molecule has 144 valence electrons. The van der Waals surface area contributed by atoms with Crippen LogP contribution in [-0.2, 0) is 4.79 Å². The van der Waals surface area contributed by atoms with E-state index in [1.165, 1.54) is 17.1 Å². The molecule has 0 saturated heterocycles. The van der Waals surface area contributed by atoms with Crippen molar-refractivity contribution in [2.24, 2.45) is 5.10 Å². The van der Waals surface area contributed by atoms with E-state index in [1.54, 1.807) is 61.5 Å². The van der Waals surface area contributed by atoms with Crippen LogP contribution < -0.4 is 5.01 Å². The summed E-state index contributed by atoms with van der Waals surface area (Å²) < 4.78 is 5.81. The van der Waals surface area contributed by atoms with Gasteiger partial charge in [0.05, 0.1) is 22.5 Å². The minimum absolute atomic E-state index is 0.173. The van der Waals surface area contributed by atoms with Gasteiger partial charge in [0, 0.05) is 10.6 Å². The van der Waals surface area contributed by atoms with E-state index in [2.05, 4.69) is 5.10 Å². The third-order valence-electron chi connectivity index (χ3n) is 4.44. The van der Waals surface area contributed by atoms with E-state index >= 15 is 0 Å². The highest BCUT2D eigenvalue weighted by Crippen LogP contribution is 2.28. The highest BCUT2D eigenvalue weighted by molar-refractivity contribution is 6.32. The SMILES string of the molecule is CC1=NN(c2ccc(Cl)cc2)C(=O)/C1=C\c1ccc(-c2cccc(C(=O)O)c2)o1. The maximum Gasteiger partial charge on any atom is 0.335 e. The van der Waals surface area contributed by atoms with Gasteiger partial charge in [-0.1, -0.05) is 23.7 Å². The molecule has 0 atom stereocenters. The Hall–Kier alpha value is -3.64. The summed E-state index contributed by atoms with van der Waals surface area (Å²) in [6.45, 7) is 1.75. The van der Waals surface area contributed by atoms with Crippen LogP contribution in [-0.4, -0.2) is 22.7 Å². The minimum atomic E-state index is -1.01. The van der Waals surface area contributed by atoms with Crippen LogP contribution in [0.25, 0.3) is 17.4 Å². The first-order chi connectivity index (χ1) is 13.9. The molecule has 0 fully saturated rings. The van der Waals surface area contributed by atoms with Crippen molar-refractivity contribution in [1.29, 1.82) is 0 Å². The molecule has 1 aliphatic rings. The van der Waals surface area contributed by atoms with Crippen LogP contribution in [0.1, 0.15) is 23.0 Å². The van der Waals surface area contributed by atoms with Crippen molar-refractivity contribution >= 4 is 41.0 Å². The first kappa shape index (κ1) is 18.7. The molecule has 1 N–H and O–H groups in total. The molecule has 0 bridgehead atoms. The Morgan fingerprint density at radius 3 is 2.62 bits per heavy atom. The van der Waals surface area contributed by atoms with Crippen molar-refractivity contribution in [1.82, 2.24) is 0 Å². The summed E-state index contributed by atoms with van der Waals surface area (Å²) in [5.74, 6) is -0.298. The summed E-state index contributed by atoms with van der Waals surface area (Å²) in [4.78, 5) is 24.0. The molecule has 1 aromatic heterocycles. The third-order valence-corrected chi connectivity index (χ3v) is 4.69. The maximum absolute atomic E-state index is 12.8. The van der Waals surface area contributed by atoms with Gasteiger partial charge in [0.2, 0.25) is 0 Å². The molecule has 0 spiro atoms. The average molecular weight is 407 g/mol. The number of nitrogens with zero attached hydrogens (tertiary/aromatic N) is 2. The monoisotopic (exact) mass is 406 g/mol. The Kier molecular flexibility index (Phi) is 4.78. The molecule has 0 aliphatic carbocycles. The summed E-state index contributed by atoms with van der Waals surface area (Å²) in [5, 5.41) is 15.4. The average Bonchev–Trinajstić information content (AvgIpc) is 3.29. The van der Waals surface area contributed by atoms with Crippen LogP contribution in [0.4, 0.5) is 5.69 Å². The number of furan rings is 1. The second kappa shape index (κ2) is 7.41. The lowest BCUT2D eigenvalue weighted by Crippen LogP contribution is -2.21. The van der Waals surface area contributed by atoms with Gasteiger partial charge in [-0.05, 0) is 61.5 Å². The van der Waals surface area contributed by atoms with Gasteiger partial charge in [-0.15, -0.1) is 0 Å². The van der Waals surface area contributed by atoms with E-state index < -0.39 is 5.97 Å². The second-order valence-electron chi connectivity index (χ2n) is 6.42. The lowest BCUT2D eigenvalue weighted by Gasteiger charge is -2.11. The molecule has 0 unspecified atom stereocenters. The number of hydrogen-bond donors (Lipinski definition) is 1. The van der Waals surface area contributed by atoms with Crippen LogP contribution in [0, 0.1) is 0 Å². The number of hydrazone groups is 1. The number of amides is 1.